The SMILES string of the molecule is C[C@@H]1COCCN1c1nc(NCC(F)(F)F)nc(-c2cnc(N)cc2C(F)F)n1. The highest BCUT2D eigenvalue weighted by molar-refractivity contribution is 5.64. The lowest BCUT2D eigenvalue weighted by Crippen LogP contribution is -2.44. The Kier molecular flexibility index (Phi) is 5.96. The van der Waals surface area contributed by atoms with Crippen molar-refractivity contribution in [2.75, 3.05) is 42.3 Å². The minimum Gasteiger partial charge on any atom is -0.384 e. The van der Waals surface area contributed by atoms with E-state index in [9.17, 15) is 22.0 Å². The molecule has 8 nitrogen and oxygen atoms in total. The van der Waals surface area contributed by atoms with E-state index in [-0.39, 0.29) is 29.2 Å². The van der Waals surface area contributed by atoms with Gasteiger partial charge in [-0.25, -0.2) is 13.8 Å². The van der Waals surface area contributed by atoms with E-state index < -0.39 is 30.7 Å². The van der Waals surface area contributed by atoms with E-state index in [1.165, 1.54) is 0 Å². The zero-order chi connectivity index (χ0) is 21.2. The number of alkyl halides is 5. The predicted molar refractivity (Wildman–Crippen MR) is 94.6 cm³/mol. The maximum Gasteiger partial charge on any atom is 0.405 e. The second-order valence-electron chi connectivity index (χ2n) is 6.37. The van der Waals surface area contributed by atoms with Gasteiger partial charge in [-0.3, -0.25) is 0 Å². The number of rotatable bonds is 5. The van der Waals surface area contributed by atoms with Crippen molar-refractivity contribution in [3.05, 3.63) is 17.8 Å². The first-order valence-corrected chi connectivity index (χ1v) is 8.59. The van der Waals surface area contributed by atoms with Crippen molar-refractivity contribution in [3.63, 3.8) is 0 Å². The van der Waals surface area contributed by atoms with Crippen LogP contribution in [-0.2, 0) is 4.74 Å². The van der Waals surface area contributed by atoms with Gasteiger partial charge in [-0.15, -0.1) is 0 Å². The molecule has 13 heteroatoms. The number of nitrogen functional groups attached to an aromatic ring is 1. The van der Waals surface area contributed by atoms with E-state index in [0.717, 1.165) is 12.3 Å². The molecule has 158 valence electrons. The third-order valence-corrected chi connectivity index (χ3v) is 4.13. The molecule has 3 heterocycles. The normalized spacial score (nSPS) is 17.6. The molecule has 1 aliphatic rings. The average molecular weight is 419 g/mol. The van der Waals surface area contributed by atoms with Gasteiger partial charge in [-0.1, -0.05) is 0 Å². The highest BCUT2D eigenvalue weighted by atomic mass is 19.4. The maximum absolute atomic E-state index is 13.5. The van der Waals surface area contributed by atoms with Gasteiger partial charge in [-0.05, 0) is 13.0 Å². The van der Waals surface area contributed by atoms with Crippen molar-refractivity contribution in [3.8, 4) is 11.4 Å². The molecule has 0 aliphatic carbocycles. The van der Waals surface area contributed by atoms with Crippen LogP contribution in [-0.4, -0.2) is 58.5 Å². The van der Waals surface area contributed by atoms with E-state index in [1.807, 2.05) is 6.92 Å². The van der Waals surface area contributed by atoms with Crippen LogP contribution in [0.3, 0.4) is 0 Å². The largest absolute Gasteiger partial charge is 0.405 e. The lowest BCUT2D eigenvalue weighted by molar-refractivity contribution is -0.115. The molecular formula is C16H18F5N7O. The Morgan fingerprint density at radius 3 is 2.72 bits per heavy atom. The summed E-state index contributed by atoms with van der Waals surface area (Å²) in [6, 6.07) is 0.803. The predicted octanol–water partition coefficient (Wildman–Crippen LogP) is 2.65. The molecule has 1 aliphatic heterocycles. The van der Waals surface area contributed by atoms with Crippen LogP contribution >= 0.6 is 0 Å². The molecule has 3 rings (SSSR count). The van der Waals surface area contributed by atoms with Gasteiger partial charge in [-0.2, -0.15) is 28.1 Å². The molecular weight excluding hydrogens is 401 g/mol. The van der Waals surface area contributed by atoms with E-state index >= 15 is 0 Å². The van der Waals surface area contributed by atoms with Crippen molar-refractivity contribution in [1.29, 1.82) is 0 Å². The van der Waals surface area contributed by atoms with Gasteiger partial charge >= 0.3 is 6.18 Å². The fourth-order valence-corrected chi connectivity index (χ4v) is 2.75. The summed E-state index contributed by atoms with van der Waals surface area (Å²) in [5.41, 5.74) is 4.85. The van der Waals surface area contributed by atoms with Crippen molar-refractivity contribution in [2.24, 2.45) is 0 Å². The quantitative estimate of drug-likeness (QED) is 0.714. The molecule has 0 radical (unpaired) electrons. The monoisotopic (exact) mass is 419 g/mol. The second-order valence-corrected chi connectivity index (χ2v) is 6.37. The van der Waals surface area contributed by atoms with Crippen molar-refractivity contribution in [2.45, 2.75) is 25.6 Å². The Balaban J connectivity index is 2.07. The Labute approximate surface area is 162 Å². The summed E-state index contributed by atoms with van der Waals surface area (Å²) in [4.78, 5) is 17.6. The Morgan fingerprint density at radius 1 is 1.31 bits per heavy atom. The summed E-state index contributed by atoms with van der Waals surface area (Å²) in [5, 5.41) is 2.07. The average Bonchev–Trinajstić information content (AvgIpc) is 2.66. The number of halogens is 5. The van der Waals surface area contributed by atoms with E-state index in [4.69, 9.17) is 10.5 Å². The van der Waals surface area contributed by atoms with Gasteiger partial charge in [0.05, 0.1) is 19.3 Å². The molecule has 0 saturated carbocycles. The van der Waals surface area contributed by atoms with E-state index in [1.54, 1.807) is 4.90 Å². The standard InChI is InChI=1S/C16H18F5N7O/c1-8-6-29-3-2-28(8)15-26-13(25-14(27-15)24-7-16(19,20)21)10-5-23-11(22)4-9(10)12(17)18/h4-5,8,12H,2-3,6-7H2,1H3,(H2,22,23)(H,24,25,26,27)/t8-/m1/s1. The van der Waals surface area contributed by atoms with Gasteiger partial charge in [0.15, 0.2) is 5.82 Å². The summed E-state index contributed by atoms with van der Waals surface area (Å²) >= 11 is 0. The summed E-state index contributed by atoms with van der Waals surface area (Å²) < 4.78 is 70.1. The molecule has 0 amide bonds. The van der Waals surface area contributed by atoms with Crippen molar-refractivity contribution < 1.29 is 26.7 Å². The van der Waals surface area contributed by atoms with E-state index in [2.05, 4.69) is 25.3 Å². The van der Waals surface area contributed by atoms with E-state index in [0.29, 0.717) is 19.8 Å². The van der Waals surface area contributed by atoms with Gasteiger partial charge in [0.25, 0.3) is 6.43 Å². The van der Waals surface area contributed by atoms with Gasteiger partial charge in [0.1, 0.15) is 12.4 Å². The first-order valence-electron chi connectivity index (χ1n) is 8.59. The molecule has 0 bridgehead atoms. The smallest absolute Gasteiger partial charge is 0.384 e. The van der Waals surface area contributed by atoms with Crippen LogP contribution < -0.4 is 16.0 Å². The molecule has 0 spiro atoms. The number of aromatic nitrogens is 4. The number of hydrogen-bond acceptors (Lipinski definition) is 8. The third kappa shape index (κ3) is 5.16. The van der Waals surface area contributed by atoms with Crippen LogP contribution in [0.15, 0.2) is 12.3 Å². The summed E-state index contributed by atoms with van der Waals surface area (Å²) in [5.74, 6) is -0.706. The zero-order valence-corrected chi connectivity index (χ0v) is 15.2. The Bertz CT molecular complexity index is 864. The fraction of sp³-hybridized carbons (Fsp3) is 0.500. The third-order valence-electron chi connectivity index (χ3n) is 4.13. The topological polar surface area (TPSA) is 102 Å². The number of nitrogens with zero attached hydrogens (tertiary/aromatic N) is 5. The number of nitrogens with one attached hydrogen (secondary N) is 1. The summed E-state index contributed by atoms with van der Waals surface area (Å²) in [6.07, 6.45) is -6.37. The van der Waals surface area contributed by atoms with Crippen LogP contribution in [0.25, 0.3) is 11.4 Å². The molecule has 29 heavy (non-hydrogen) atoms. The van der Waals surface area contributed by atoms with Gasteiger partial charge in [0.2, 0.25) is 11.9 Å². The van der Waals surface area contributed by atoms with Crippen LogP contribution in [0.4, 0.5) is 39.7 Å². The number of pyridine rings is 1. The zero-order valence-electron chi connectivity index (χ0n) is 15.2. The second kappa shape index (κ2) is 8.27. The van der Waals surface area contributed by atoms with Crippen LogP contribution in [0, 0.1) is 0 Å². The molecule has 1 atom stereocenters. The summed E-state index contributed by atoms with van der Waals surface area (Å²) in [7, 11) is 0. The van der Waals surface area contributed by atoms with Crippen molar-refractivity contribution in [1.82, 2.24) is 19.9 Å². The molecule has 1 fully saturated rings. The lowest BCUT2D eigenvalue weighted by Gasteiger charge is -2.33. The minimum absolute atomic E-state index is 0.0486. The van der Waals surface area contributed by atoms with Crippen LogP contribution in [0.2, 0.25) is 0 Å². The summed E-state index contributed by atoms with van der Waals surface area (Å²) in [6.45, 7) is 1.53. The number of hydrogen-bond donors (Lipinski definition) is 2. The first kappa shape index (κ1) is 20.9. The Morgan fingerprint density at radius 2 is 2.07 bits per heavy atom. The molecule has 1 saturated heterocycles. The Hall–Kier alpha value is -2.83. The minimum atomic E-state index is -4.52. The van der Waals surface area contributed by atoms with Crippen LogP contribution in [0.5, 0.6) is 0 Å². The van der Waals surface area contributed by atoms with Crippen molar-refractivity contribution >= 4 is 17.7 Å². The maximum atomic E-state index is 13.5. The van der Waals surface area contributed by atoms with Crippen LogP contribution in [0.1, 0.15) is 18.9 Å². The fourth-order valence-electron chi connectivity index (χ4n) is 2.75. The molecule has 0 aromatic carbocycles. The molecule has 2 aromatic heterocycles. The molecule has 2 aromatic rings. The highest BCUT2D eigenvalue weighted by Crippen LogP contribution is 2.31. The lowest BCUT2D eigenvalue weighted by atomic mass is 10.1. The number of anilines is 3. The number of morpholine rings is 1. The van der Waals surface area contributed by atoms with Gasteiger partial charge < -0.3 is 20.7 Å². The molecule has 0 unspecified atom stereocenters. The van der Waals surface area contributed by atoms with Gasteiger partial charge in [0, 0.05) is 23.9 Å². The molecule has 3 N–H and O–H groups in total. The number of nitrogens with two attached hydrogens (primary N) is 1. The highest BCUT2D eigenvalue weighted by Gasteiger charge is 2.29. The first-order chi connectivity index (χ1) is 13.6. The number of ether oxygens (including phenoxy) is 1.